The predicted molar refractivity (Wildman–Crippen MR) is 231 cm³/mol. The van der Waals surface area contributed by atoms with Gasteiger partial charge in [-0.1, -0.05) is 72.8 Å². The Hall–Kier alpha value is -5.41. The summed E-state index contributed by atoms with van der Waals surface area (Å²) in [5.41, 5.74) is 5.33. The van der Waals surface area contributed by atoms with Crippen LogP contribution in [0.15, 0.2) is 146 Å². The van der Waals surface area contributed by atoms with Crippen molar-refractivity contribution in [3.05, 3.63) is 162 Å². The summed E-state index contributed by atoms with van der Waals surface area (Å²) in [6, 6.07) is 48.0. The van der Waals surface area contributed by atoms with E-state index in [1.807, 2.05) is 121 Å². The average Bonchev–Trinajstić information content (AvgIpc) is 4.05. The number of epoxide rings is 4. The Bertz CT molecular complexity index is 2350. The minimum Gasteiger partial charge on any atom is -0.457 e. The Balaban J connectivity index is 0.861. The molecule has 9 nitrogen and oxygen atoms in total. The lowest BCUT2D eigenvalue weighted by molar-refractivity contribution is 0.345. The van der Waals surface area contributed by atoms with Crippen molar-refractivity contribution in [1.82, 2.24) is 0 Å². The van der Waals surface area contributed by atoms with E-state index in [1.165, 1.54) is 5.56 Å². The molecule has 0 bridgehead atoms. The molecule has 5 aliphatic heterocycles. The van der Waals surface area contributed by atoms with Crippen molar-refractivity contribution in [3.63, 3.8) is 0 Å². The second kappa shape index (κ2) is 15.9. The molecule has 0 N–H and O–H groups in total. The van der Waals surface area contributed by atoms with E-state index in [0.717, 1.165) is 91.8 Å². The van der Waals surface area contributed by atoms with E-state index in [-0.39, 0.29) is 12.2 Å². The van der Waals surface area contributed by atoms with Crippen LogP contribution in [-0.4, -0.2) is 63.9 Å². The molecule has 4 fully saturated rings. The second-order valence-electron chi connectivity index (χ2n) is 16.4. The molecule has 6 aromatic carbocycles. The molecule has 6 aromatic rings. The molecule has 0 amide bonds. The highest BCUT2D eigenvalue weighted by Gasteiger charge is 2.45. The molecule has 4 saturated heterocycles. The van der Waals surface area contributed by atoms with E-state index in [1.54, 1.807) is 0 Å². The number of hydrogen-bond acceptors (Lipinski definition) is 9. The summed E-state index contributed by atoms with van der Waals surface area (Å²) in [5.74, 6) is 3.86. The zero-order chi connectivity index (χ0) is 40.0. The van der Waals surface area contributed by atoms with E-state index in [4.69, 9.17) is 32.9 Å². The summed E-state index contributed by atoms with van der Waals surface area (Å²) < 4.78 is 57.3. The number of ether oxygens (including phenoxy) is 6. The van der Waals surface area contributed by atoms with Crippen molar-refractivity contribution >= 4 is 18.4 Å². The maximum atomic E-state index is 15.8. The quantitative estimate of drug-likeness (QED) is 0.0658. The lowest BCUT2D eigenvalue weighted by atomic mass is 9.90. The zero-order valence-electron chi connectivity index (χ0n) is 33.1. The molecular formula is C50H46NO8P. The van der Waals surface area contributed by atoms with Crippen LogP contribution in [0.5, 0.6) is 28.7 Å². The minimum absolute atomic E-state index is 0.285. The van der Waals surface area contributed by atoms with Crippen molar-refractivity contribution in [2.24, 2.45) is 0 Å². The first kappa shape index (κ1) is 37.6. The molecule has 10 heteroatoms. The molecular weight excluding hydrogens is 774 g/mol. The van der Waals surface area contributed by atoms with Gasteiger partial charge in [0.2, 0.25) is 0 Å². The minimum atomic E-state index is -3.63. The van der Waals surface area contributed by atoms with Crippen LogP contribution >= 0.6 is 7.37 Å². The molecule has 0 saturated carbocycles. The third kappa shape index (κ3) is 8.33. The summed E-state index contributed by atoms with van der Waals surface area (Å²) in [4.78, 5) is 2.32. The molecule has 60 heavy (non-hydrogen) atoms. The van der Waals surface area contributed by atoms with E-state index in [2.05, 4.69) is 29.2 Å². The van der Waals surface area contributed by atoms with Crippen LogP contribution in [-0.2, 0) is 23.5 Å². The topological polar surface area (TPSA) is 98.1 Å². The van der Waals surface area contributed by atoms with Gasteiger partial charge in [0, 0.05) is 24.3 Å². The third-order valence-corrected chi connectivity index (χ3v) is 14.8. The lowest BCUT2D eigenvalue weighted by Gasteiger charge is -2.34. The monoisotopic (exact) mass is 819 g/mol. The van der Waals surface area contributed by atoms with E-state index < -0.39 is 13.0 Å². The largest absolute Gasteiger partial charge is 0.457 e. The zero-order valence-corrected chi connectivity index (χ0v) is 34.0. The maximum absolute atomic E-state index is 15.8. The fraction of sp³-hybridized carbons (Fsp3) is 0.280. The van der Waals surface area contributed by atoms with Crippen molar-refractivity contribution in [2.75, 3.05) is 44.4 Å². The van der Waals surface area contributed by atoms with Crippen LogP contribution in [0.1, 0.15) is 41.1 Å². The number of anilines is 1. The van der Waals surface area contributed by atoms with Crippen molar-refractivity contribution in [1.29, 1.82) is 0 Å². The summed E-state index contributed by atoms with van der Waals surface area (Å²) in [7, 11) is -3.63. The SMILES string of the molecule is O=P1(C(c2ccc(Oc3ccc(C(CC4CO4)CC4CO4)cc3)cc2)c2ccc(Oc3ccc(N(CC4CO4)CC4CO4)cc3)cc2)Oc2ccccc2-c2ccccc21. The Morgan fingerprint density at radius 3 is 1.45 bits per heavy atom. The fourth-order valence-corrected chi connectivity index (χ4v) is 11.4. The van der Waals surface area contributed by atoms with Gasteiger partial charge in [0.25, 0.3) is 7.37 Å². The van der Waals surface area contributed by atoms with Crippen LogP contribution in [0.3, 0.4) is 0 Å². The molecule has 5 aliphatic rings. The van der Waals surface area contributed by atoms with Crippen LogP contribution < -0.4 is 24.2 Å². The normalized spacial score (nSPS) is 23.9. The Morgan fingerprint density at radius 2 is 0.950 bits per heavy atom. The number of nitrogens with zero attached hydrogens (tertiary/aromatic N) is 1. The second-order valence-corrected chi connectivity index (χ2v) is 18.8. The Morgan fingerprint density at radius 1 is 0.517 bits per heavy atom. The van der Waals surface area contributed by atoms with Crippen molar-refractivity contribution in [2.45, 2.75) is 48.8 Å². The molecule has 304 valence electrons. The van der Waals surface area contributed by atoms with E-state index in [9.17, 15) is 0 Å². The van der Waals surface area contributed by atoms with E-state index >= 15 is 4.57 Å². The molecule has 6 unspecified atom stereocenters. The van der Waals surface area contributed by atoms with Gasteiger partial charge in [-0.2, -0.15) is 0 Å². The molecule has 5 heterocycles. The first-order valence-corrected chi connectivity index (χ1v) is 22.7. The number of benzene rings is 6. The predicted octanol–water partition coefficient (Wildman–Crippen LogP) is 10.3. The van der Waals surface area contributed by atoms with Gasteiger partial charge in [-0.15, -0.1) is 0 Å². The van der Waals surface area contributed by atoms with Crippen molar-refractivity contribution < 1.29 is 37.5 Å². The van der Waals surface area contributed by atoms with Crippen molar-refractivity contribution in [3.8, 4) is 39.9 Å². The Labute approximate surface area is 350 Å². The third-order valence-electron chi connectivity index (χ3n) is 12.0. The summed E-state index contributed by atoms with van der Waals surface area (Å²) in [6.45, 7) is 5.03. The number of fused-ring (bicyclic) bond motifs is 3. The maximum Gasteiger partial charge on any atom is 0.289 e. The summed E-state index contributed by atoms with van der Waals surface area (Å²) in [6.07, 6.45) is 3.32. The highest BCUT2D eigenvalue weighted by atomic mass is 31.2. The molecule has 0 aromatic heterocycles. The van der Waals surface area contributed by atoms with Crippen LogP contribution in [0.25, 0.3) is 11.1 Å². The number of rotatable bonds is 17. The average molecular weight is 820 g/mol. The van der Waals surface area contributed by atoms with Crippen LogP contribution in [0.2, 0.25) is 0 Å². The van der Waals surface area contributed by atoms with Gasteiger partial charge in [0.1, 0.15) is 34.4 Å². The number of hydrogen-bond donors (Lipinski definition) is 0. The Kier molecular flexibility index (Phi) is 9.95. The van der Waals surface area contributed by atoms with Gasteiger partial charge in [-0.3, -0.25) is 4.57 Å². The highest BCUT2D eigenvalue weighted by Crippen LogP contribution is 2.65. The van der Waals surface area contributed by atoms with Gasteiger partial charge in [-0.05, 0) is 114 Å². The summed E-state index contributed by atoms with van der Waals surface area (Å²) in [5, 5.41) is 0.699. The fourth-order valence-electron chi connectivity index (χ4n) is 8.49. The molecule has 11 rings (SSSR count). The summed E-state index contributed by atoms with van der Waals surface area (Å²) >= 11 is 0. The standard InChI is InChI=1S/C50H46NO8P/c52-60(49-8-4-2-6-47(49)46-5-1-3-7-48(46)59-60)50(34-11-19-39(20-12-34)57-38-17-9-33(10-18-38)36(25-42-29-53-42)26-43-30-54-43)35-13-21-40(22-14-35)58-41-23-15-37(16-24-41)51(27-44-31-55-44)28-45-32-56-45/h1-24,36,42-45,50H,25-32H2. The van der Waals surface area contributed by atoms with Gasteiger partial charge < -0.3 is 37.8 Å². The van der Waals surface area contributed by atoms with Crippen LogP contribution in [0.4, 0.5) is 5.69 Å². The van der Waals surface area contributed by atoms with Crippen LogP contribution in [0, 0.1) is 0 Å². The first-order chi connectivity index (χ1) is 29.5. The smallest absolute Gasteiger partial charge is 0.289 e. The number of para-hydroxylation sites is 1. The first-order valence-electron chi connectivity index (χ1n) is 21.0. The molecule has 0 aliphatic carbocycles. The van der Waals surface area contributed by atoms with Gasteiger partial charge in [0.15, 0.2) is 0 Å². The van der Waals surface area contributed by atoms with E-state index in [0.29, 0.717) is 40.7 Å². The van der Waals surface area contributed by atoms with Gasteiger partial charge in [-0.25, -0.2) is 0 Å². The van der Waals surface area contributed by atoms with Gasteiger partial charge in [0.05, 0.1) is 56.1 Å². The molecule has 0 spiro atoms. The highest BCUT2D eigenvalue weighted by molar-refractivity contribution is 7.68. The van der Waals surface area contributed by atoms with Gasteiger partial charge >= 0.3 is 0 Å². The lowest BCUT2D eigenvalue weighted by Crippen LogP contribution is -2.31. The molecule has 0 radical (unpaired) electrons. The molecule has 6 atom stereocenters.